The van der Waals surface area contributed by atoms with Gasteiger partial charge >= 0.3 is 0 Å². The first kappa shape index (κ1) is 30.6. The Balaban J connectivity index is 1.32. The van der Waals surface area contributed by atoms with Crippen molar-refractivity contribution in [2.75, 3.05) is 25.6 Å². The van der Waals surface area contributed by atoms with E-state index in [1.807, 2.05) is 56.3 Å². The number of aliphatic hydroxyl groups is 1. The summed E-state index contributed by atoms with van der Waals surface area (Å²) in [6.45, 7) is 5.18. The minimum atomic E-state index is -0.576. The van der Waals surface area contributed by atoms with Gasteiger partial charge in [0.1, 0.15) is 11.5 Å². The Morgan fingerprint density at radius 3 is 2.69 bits per heavy atom. The quantitative estimate of drug-likeness (QED) is 0.222. The monoisotopic (exact) mass is 627 g/mol. The van der Waals surface area contributed by atoms with Crippen molar-refractivity contribution in [3.8, 4) is 28.3 Å². The van der Waals surface area contributed by atoms with Gasteiger partial charge in [0.2, 0.25) is 5.88 Å². The number of benzene rings is 2. The van der Waals surface area contributed by atoms with Crippen LogP contribution in [0.3, 0.4) is 0 Å². The Hall–Kier alpha value is -4.42. The van der Waals surface area contributed by atoms with Crippen LogP contribution in [0.25, 0.3) is 33.2 Å². The van der Waals surface area contributed by atoms with Crippen molar-refractivity contribution in [2.45, 2.75) is 39.0 Å². The number of halogens is 1. The molecule has 2 atom stereocenters. The maximum Gasteiger partial charge on any atom is 0.278 e. The van der Waals surface area contributed by atoms with E-state index in [2.05, 4.69) is 25.7 Å². The lowest BCUT2D eigenvalue weighted by molar-refractivity contribution is -0.0281. The SMILES string of the molecule is COc1nc(-c2cccc(-c3cccc(Nc4nc(C)cc5cnn(C)c(=O)c45)c3C)c2Cl)cnc1CN[C@H]1CCOC[C@H]1O. The number of pyridine rings is 1. The molecular weight excluding hydrogens is 594 g/mol. The fraction of sp³-hybridized carbons (Fsp3) is 0.303. The first-order valence-electron chi connectivity index (χ1n) is 14.6. The highest BCUT2D eigenvalue weighted by Crippen LogP contribution is 2.39. The van der Waals surface area contributed by atoms with E-state index in [1.54, 1.807) is 26.6 Å². The van der Waals surface area contributed by atoms with E-state index in [1.165, 1.54) is 4.68 Å². The second-order valence-electron chi connectivity index (χ2n) is 11.0. The molecule has 0 radical (unpaired) electrons. The predicted molar refractivity (Wildman–Crippen MR) is 174 cm³/mol. The molecule has 0 amide bonds. The van der Waals surface area contributed by atoms with E-state index in [0.717, 1.165) is 33.5 Å². The van der Waals surface area contributed by atoms with Gasteiger partial charge in [-0.3, -0.25) is 9.78 Å². The number of hydrogen-bond donors (Lipinski definition) is 3. The predicted octanol–water partition coefficient (Wildman–Crippen LogP) is 4.71. The van der Waals surface area contributed by atoms with E-state index >= 15 is 0 Å². The van der Waals surface area contributed by atoms with E-state index in [0.29, 0.717) is 65.2 Å². The van der Waals surface area contributed by atoms with Crippen LogP contribution < -0.4 is 20.9 Å². The number of rotatable bonds is 8. The Kier molecular flexibility index (Phi) is 8.77. The summed E-state index contributed by atoms with van der Waals surface area (Å²) in [5, 5.41) is 22.8. The Bertz CT molecular complexity index is 1950. The molecule has 0 saturated carbocycles. The zero-order valence-electron chi connectivity index (χ0n) is 25.5. The van der Waals surface area contributed by atoms with Crippen molar-refractivity contribution in [3.05, 3.63) is 87.2 Å². The molecule has 6 rings (SSSR count). The molecule has 0 bridgehead atoms. The molecule has 5 aromatic rings. The van der Waals surface area contributed by atoms with Gasteiger partial charge in [0.05, 0.1) is 48.3 Å². The number of aliphatic hydroxyl groups excluding tert-OH is 1. The summed E-state index contributed by atoms with van der Waals surface area (Å²) < 4.78 is 12.2. The number of nitrogens with one attached hydrogen (secondary N) is 2. The van der Waals surface area contributed by atoms with Crippen molar-refractivity contribution in [1.82, 2.24) is 30.0 Å². The van der Waals surface area contributed by atoms with E-state index < -0.39 is 6.10 Å². The number of nitrogens with zero attached hydrogens (tertiary/aromatic N) is 5. The van der Waals surface area contributed by atoms with Gasteiger partial charge in [0.25, 0.3) is 5.56 Å². The van der Waals surface area contributed by atoms with Crippen LogP contribution in [0.5, 0.6) is 5.88 Å². The summed E-state index contributed by atoms with van der Waals surface area (Å²) in [6.07, 6.45) is 3.48. The first-order valence-corrected chi connectivity index (χ1v) is 15.0. The highest BCUT2D eigenvalue weighted by atomic mass is 35.5. The molecule has 45 heavy (non-hydrogen) atoms. The standard InChI is InChI=1S/C33H34ClN7O4/c1-18-13-20-14-37-41(3)33(43)29(20)31(38-18)39-24-10-6-7-21(19(24)2)22-8-5-9-23(30(22)34)26-15-36-27(32(40-26)44-4)16-35-25-11-12-45-17-28(25)42/h5-10,13-15,25,28,35,42H,11-12,16-17H2,1-4H3,(H,38,39)/t25-,28+/m0/s1. The molecule has 1 aliphatic heterocycles. The summed E-state index contributed by atoms with van der Waals surface area (Å²) >= 11 is 7.07. The maximum atomic E-state index is 13.0. The van der Waals surface area contributed by atoms with E-state index in [4.69, 9.17) is 26.1 Å². The van der Waals surface area contributed by atoms with Crippen molar-refractivity contribution in [1.29, 1.82) is 0 Å². The minimum Gasteiger partial charge on any atom is -0.480 e. The van der Waals surface area contributed by atoms with Crippen LogP contribution in [0, 0.1) is 13.8 Å². The van der Waals surface area contributed by atoms with Crippen molar-refractivity contribution in [2.24, 2.45) is 7.05 Å². The second kappa shape index (κ2) is 12.9. The smallest absolute Gasteiger partial charge is 0.278 e. The number of methoxy groups -OCH3 is 1. The van der Waals surface area contributed by atoms with Crippen LogP contribution in [0.4, 0.5) is 11.5 Å². The molecular formula is C33H34ClN7O4. The summed E-state index contributed by atoms with van der Waals surface area (Å²) in [7, 11) is 3.17. The molecule has 0 aliphatic carbocycles. The van der Waals surface area contributed by atoms with Gasteiger partial charge in [-0.25, -0.2) is 14.6 Å². The molecule has 4 heterocycles. The summed E-state index contributed by atoms with van der Waals surface area (Å²) in [6, 6.07) is 13.4. The highest BCUT2D eigenvalue weighted by Gasteiger charge is 2.24. The number of aromatic nitrogens is 5. The Morgan fingerprint density at radius 2 is 1.89 bits per heavy atom. The Labute approximate surface area is 265 Å². The lowest BCUT2D eigenvalue weighted by Gasteiger charge is -2.28. The minimum absolute atomic E-state index is 0.0904. The average molecular weight is 628 g/mol. The van der Waals surface area contributed by atoms with Crippen LogP contribution in [0.2, 0.25) is 5.02 Å². The number of ether oxygens (including phenoxy) is 2. The Morgan fingerprint density at radius 1 is 1.11 bits per heavy atom. The van der Waals surface area contributed by atoms with Crippen molar-refractivity contribution >= 4 is 33.9 Å². The lowest BCUT2D eigenvalue weighted by Crippen LogP contribution is -2.46. The topological polar surface area (TPSA) is 136 Å². The summed E-state index contributed by atoms with van der Waals surface area (Å²) in [5.41, 5.74) is 5.89. The lowest BCUT2D eigenvalue weighted by atomic mass is 9.96. The van der Waals surface area contributed by atoms with Gasteiger partial charge in [0, 0.05) is 54.1 Å². The van der Waals surface area contributed by atoms with Crippen molar-refractivity contribution in [3.63, 3.8) is 0 Å². The zero-order chi connectivity index (χ0) is 31.7. The first-order chi connectivity index (χ1) is 21.7. The van der Waals surface area contributed by atoms with Crippen LogP contribution in [0.15, 0.2) is 59.7 Å². The molecule has 1 saturated heterocycles. The normalized spacial score (nSPS) is 16.6. The van der Waals surface area contributed by atoms with Gasteiger partial charge < -0.3 is 25.2 Å². The maximum absolute atomic E-state index is 13.0. The van der Waals surface area contributed by atoms with Crippen LogP contribution in [-0.4, -0.2) is 62.3 Å². The third kappa shape index (κ3) is 6.12. The third-order valence-corrected chi connectivity index (χ3v) is 8.48. The van der Waals surface area contributed by atoms with Gasteiger partial charge in [-0.05, 0) is 43.5 Å². The number of aryl methyl sites for hydroxylation is 2. The molecule has 3 N–H and O–H groups in total. The zero-order valence-corrected chi connectivity index (χ0v) is 26.2. The van der Waals surface area contributed by atoms with Gasteiger partial charge in [0.15, 0.2) is 0 Å². The molecule has 0 spiro atoms. The fourth-order valence-electron chi connectivity index (χ4n) is 5.61. The fourth-order valence-corrected chi connectivity index (χ4v) is 5.93. The molecule has 11 nitrogen and oxygen atoms in total. The molecule has 3 aromatic heterocycles. The molecule has 12 heteroatoms. The molecule has 0 unspecified atom stereocenters. The van der Waals surface area contributed by atoms with E-state index in [-0.39, 0.29) is 11.6 Å². The van der Waals surface area contributed by atoms with Crippen LogP contribution in [0.1, 0.15) is 23.4 Å². The molecule has 1 aliphatic rings. The van der Waals surface area contributed by atoms with Crippen LogP contribution >= 0.6 is 11.6 Å². The number of anilines is 2. The summed E-state index contributed by atoms with van der Waals surface area (Å²) in [5.74, 6) is 0.848. The molecule has 232 valence electrons. The largest absolute Gasteiger partial charge is 0.480 e. The van der Waals surface area contributed by atoms with Crippen molar-refractivity contribution < 1.29 is 14.6 Å². The number of hydrogen-bond acceptors (Lipinski definition) is 10. The summed E-state index contributed by atoms with van der Waals surface area (Å²) in [4.78, 5) is 27.0. The third-order valence-electron chi connectivity index (χ3n) is 8.07. The highest BCUT2D eigenvalue weighted by molar-refractivity contribution is 6.36. The second-order valence-corrected chi connectivity index (χ2v) is 11.4. The average Bonchev–Trinajstić information content (AvgIpc) is 3.03. The molecule has 2 aromatic carbocycles. The van der Waals surface area contributed by atoms with E-state index in [9.17, 15) is 9.90 Å². The van der Waals surface area contributed by atoms with Gasteiger partial charge in [-0.15, -0.1) is 0 Å². The van der Waals surface area contributed by atoms with Crippen LogP contribution in [-0.2, 0) is 18.3 Å². The van der Waals surface area contributed by atoms with Gasteiger partial charge in [-0.1, -0.05) is 41.9 Å². The van der Waals surface area contributed by atoms with Gasteiger partial charge in [-0.2, -0.15) is 5.10 Å². The number of fused-ring (bicyclic) bond motifs is 1. The molecule has 1 fully saturated rings.